The maximum absolute atomic E-state index is 13.2. The molecule has 1 saturated heterocycles. The third kappa shape index (κ3) is 5.51. The van der Waals surface area contributed by atoms with Gasteiger partial charge >= 0.3 is 0 Å². The molecule has 4 rings (SSSR count). The Balaban J connectivity index is 1.49. The molecule has 0 aliphatic carbocycles. The third-order valence-corrected chi connectivity index (χ3v) is 6.36. The van der Waals surface area contributed by atoms with E-state index in [9.17, 15) is 9.59 Å². The van der Waals surface area contributed by atoms with Crippen molar-refractivity contribution >= 4 is 11.8 Å². The number of piperidine rings is 1. The van der Waals surface area contributed by atoms with Gasteiger partial charge in [-0.3, -0.25) is 9.59 Å². The molecule has 1 N–H and O–H groups in total. The quantitative estimate of drug-likeness (QED) is 0.562. The van der Waals surface area contributed by atoms with Crippen LogP contribution in [0.15, 0.2) is 71.3 Å². The van der Waals surface area contributed by atoms with E-state index in [1.807, 2.05) is 78.6 Å². The van der Waals surface area contributed by atoms with Crippen LogP contribution in [0.3, 0.4) is 0 Å². The van der Waals surface area contributed by atoms with Crippen molar-refractivity contribution in [2.45, 2.75) is 39.0 Å². The second-order valence-electron chi connectivity index (χ2n) is 8.77. The van der Waals surface area contributed by atoms with E-state index >= 15 is 0 Å². The first-order valence-corrected chi connectivity index (χ1v) is 11.7. The molecule has 3 aromatic rings. The summed E-state index contributed by atoms with van der Waals surface area (Å²) in [4.78, 5) is 28.1. The number of nitrogens with zero attached hydrogens (tertiary/aromatic N) is 2. The zero-order valence-electron chi connectivity index (χ0n) is 19.1. The van der Waals surface area contributed by atoms with Gasteiger partial charge < -0.3 is 14.7 Å². The van der Waals surface area contributed by atoms with E-state index in [1.54, 1.807) is 0 Å². The van der Waals surface area contributed by atoms with Gasteiger partial charge in [0.25, 0.3) is 0 Å². The summed E-state index contributed by atoms with van der Waals surface area (Å²) in [6.45, 7) is 3.54. The molecule has 1 atom stereocenters. The summed E-state index contributed by atoms with van der Waals surface area (Å²) >= 11 is 0. The molecule has 0 saturated carbocycles. The molecule has 1 aliphatic rings. The fourth-order valence-corrected chi connectivity index (χ4v) is 4.63. The molecule has 1 fully saturated rings. The van der Waals surface area contributed by atoms with Crippen molar-refractivity contribution in [1.82, 2.24) is 15.4 Å². The zero-order chi connectivity index (χ0) is 23.1. The smallest absolute Gasteiger partial charge is 0.228 e. The van der Waals surface area contributed by atoms with E-state index in [0.29, 0.717) is 51.1 Å². The second-order valence-corrected chi connectivity index (χ2v) is 8.77. The fourth-order valence-electron chi connectivity index (χ4n) is 4.63. The van der Waals surface area contributed by atoms with Gasteiger partial charge in [0.1, 0.15) is 11.5 Å². The van der Waals surface area contributed by atoms with Crippen molar-refractivity contribution in [2.75, 3.05) is 19.6 Å². The van der Waals surface area contributed by atoms with Crippen molar-refractivity contribution in [3.63, 3.8) is 0 Å². The minimum Gasteiger partial charge on any atom is -0.361 e. The Morgan fingerprint density at radius 1 is 1.09 bits per heavy atom. The second kappa shape index (κ2) is 10.5. The highest BCUT2D eigenvalue weighted by Crippen LogP contribution is 2.35. The Bertz CT molecular complexity index is 1060. The molecule has 2 amide bonds. The van der Waals surface area contributed by atoms with Gasteiger partial charge in [-0.15, -0.1) is 0 Å². The molecular formula is C27H31N3O3. The normalized spacial score (nSPS) is 18.2. The lowest BCUT2D eigenvalue weighted by atomic mass is 9.75. The molecule has 0 spiro atoms. The molecule has 172 valence electrons. The Kier molecular flexibility index (Phi) is 7.23. The van der Waals surface area contributed by atoms with Gasteiger partial charge in [0.2, 0.25) is 11.8 Å². The standard InChI is InChI=1S/C27H31N3O3/c1-2-28-26(32)27(19-23-18-24(29-33-23)22-12-7-4-8-13-22)16-9-17-30(20-27)25(31)15-14-21-10-5-3-6-11-21/h3-8,10-13,18H,2,9,14-17,19-20H2,1H3,(H,28,32)/t27-/m0/s1. The number of likely N-dealkylation sites (tertiary alicyclic amines) is 1. The summed E-state index contributed by atoms with van der Waals surface area (Å²) in [5.41, 5.74) is 2.15. The Labute approximate surface area is 195 Å². The van der Waals surface area contributed by atoms with Crippen LogP contribution < -0.4 is 5.32 Å². The number of amides is 2. The van der Waals surface area contributed by atoms with Gasteiger partial charge in [0.05, 0.1) is 5.41 Å². The van der Waals surface area contributed by atoms with Crippen LogP contribution in [0.1, 0.15) is 37.5 Å². The predicted octanol–water partition coefficient (Wildman–Crippen LogP) is 4.26. The number of carbonyl (C=O) groups excluding carboxylic acids is 2. The van der Waals surface area contributed by atoms with Crippen molar-refractivity contribution < 1.29 is 14.1 Å². The largest absolute Gasteiger partial charge is 0.361 e. The van der Waals surface area contributed by atoms with E-state index in [0.717, 1.165) is 23.2 Å². The lowest BCUT2D eigenvalue weighted by Crippen LogP contribution is -2.54. The maximum Gasteiger partial charge on any atom is 0.228 e. The van der Waals surface area contributed by atoms with Crippen LogP contribution in [-0.2, 0) is 22.4 Å². The topological polar surface area (TPSA) is 75.4 Å². The minimum atomic E-state index is -0.718. The summed E-state index contributed by atoms with van der Waals surface area (Å²) in [6.07, 6.45) is 3.06. The summed E-state index contributed by atoms with van der Waals surface area (Å²) in [5, 5.41) is 7.21. The monoisotopic (exact) mass is 445 g/mol. The van der Waals surface area contributed by atoms with Gasteiger partial charge in [-0.2, -0.15) is 0 Å². The fraction of sp³-hybridized carbons (Fsp3) is 0.370. The number of rotatable bonds is 8. The van der Waals surface area contributed by atoms with Crippen molar-refractivity contribution in [2.24, 2.45) is 5.41 Å². The number of hydrogen-bond donors (Lipinski definition) is 1. The molecule has 2 aromatic carbocycles. The maximum atomic E-state index is 13.2. The lowest BCUT2D eigenvalue weighted by Gasteiger charge is -2.41. The molecule has 2 heterocycles. The van der Waals surface area contributed by atoms with E-state index in [-0.39, 0.29) is 11.8 Å². The van der Waals surface area contributed by atoms with Crippen LogP contribution in [0.4, 0.5) is 0 Å². The molecule has 33 heavy (non-hydrogen) atoms. The molecule has 0 bridgehead atoms. The number of nitrogens with one attached hydrogen (secondary N) is 1. The van der Waals surface area contributed by atoms with Gasteiger partial charge in [0, 0.05) is 44.1 Å². The molecule has 0 unspecified atom stereocenters. The molecule has 1 aromatic heterocycles. The zero-order valence-corrected chi connectivity index (χ0v) is 19.1. The number of aromatic nitrogens is 1. The third-order valence-electron chi connectivity index (χ3n) is 6.36. The van der Waals surface area contributed by atoms with Crippen LogP contribution in [0, 0.1) is 5.41 Å². The Hall–Kier alpha value is -3.41. The summed E-state index contributed by atoms with van der Waals surface area (Å²) in [7, 11) is 0. The van der Waals surface area contributed by atoms with Crippen molar-refractivity contribution in [1.29, 1.82) is 0 Å². The van der Waals surface area contributed by atoms with Crippen molar-refractivity contribution in [3.05, 3.63) is 78.1 Å². The minimum absolute atomic E-state index is 0.0248. The number of benzene rings is 2. The highest BCUT2D eigenvalue weighted by atomic mass is 16.5. The van der Waals surface area contributed by atoms with Gasteiger partial charge in [-0.1, -0.05) is 65.8 Å². The predicted molar refractivity (Wildman–Crippen MR) is 127 cm³/mol. The van der Waals surface area contributed by atoms with E-state index in [2.05, 4.69) is 10.5 Å². The lowest BCUT2D eigenvalue weighted by molar-refractivity contribution is -0.141. The van der Waals surface area contributed by atoms with Crippen LogP contribution in [0.5, 0.6) is 0 Å². The average Bonchev–Trinajstić information content (AvgIpc) is 3.32. The van der Waals surface area contributed by atoms with Crippen LogP contribution in [-0.4, -0.2) is 41.5 Å². The van der Waals surface area contributed by atoms with Gasteiger partial charge in [-0.05, 0) is 31.7 Å². The molecule has 6 heteroatoms. The first-order valence-electron chi connectivity index (χ1n) is 11.7. The van der Waals surface area contributed by atoms with Gasteiger partial charge in [-0.25, -0.2) is 0 Å². The first-order chi connectivity index (χ1) is 16.1. The van der Waals surface area contributed by atoms with Crippen LogP contribution >= 0.6 is 0 Å². The Morgan fingerprint density at radius 3 is 2.55 bits per heavy atom. The number of hydrogen-bond acceptors (Lipinski definition) is 4. The summed E-state index contributed by atoms with van der Waals surface area (Å²) < 4.78 is 5.64. The average molecular weight is 446 g/mol. The SMILES string of the molecule is CCNC(=O)[C@]1(Cc2cc(-c3ccccc3)no2)CCCN(C(=O)CCc2ccccc2)C1. The molecule has 0 radical (unpaired) electrons. The Morgan fingerprint density at radius 2 is 1.82 bits per heavy atom. The van der Waals surface area contributed by atoms with E-state index < -0.39 is 5.41 Å². The number of carbonyl (C=O) groups is 2. The molecule has 1 aliphatic heterocycles. The molecule has 6 nitrogen and oxygen atoms in total. The molecular weight excluding hydrogens is 414 g/mol. The summed E-state index contributed by atoms with van der Waals surface area (Å²) in [5.74, 6) is 0.733. The van der Waals surface area contributed by atoms with Gasteiger partial charge in [0.15, 0.2) is 0 Å². The summed E-state index contributed by atoms with van der Waals surface area (Å²) in [6, 6.07) is 21.8. The number of aryl methyl sites for hydroxylation is 1. The first kappa shape index (κ1) is 22.8. The van der Waals surface area contributed by atoms with E-state index in [4.69, 9.17) is 4.52 Å². The highest BCUT2D eigenvalue weighted by molar-refractivity contribution is 5.85. The van der Waals surface area contributed by atoms with Crippen LogP contribution in [0.2, 0.25) is 0 Å². The van der Waals surface area contributed by atoms with Crippen LogP contribution in [0.25, 0.3) is 11.3 Å². The van der Waals surface area contributed by atoms with Crippen molar-refractivity contribution in [3.8, 4) is 11.3 Å². The van der Waals surface area contributed by atoms with E-state index in [1.165, 1.54) is 0 Å². The highest BCUT2D eigenvalue weighted by Gasteiger charge is 2.44.